The third-order valence-electron chi connectivity index (χ3n) is 3.56. The normalized spacial score (nSPS) is 24.1. The van der Waals surface area contributed by atoms with Crippen LogP contribution in [0.3, 0.4) is 0 Å². The highest BCUT2D eigenvalue weighted by atomic mass is 19.2. The molecule has 20 heavy (non-hydrogen) atoms. The van der Waals surface area contributed by atoms with Gasteiger partial charge in [-0.2, -0.15) is 0 Å². The van der Waals surface area contributed by atoms with Gasteiger partial charge in [-0.3, -0.25) is 4.90 Å². The number of hydrogen-bond acceptors (Lipinski definition) is 3. The number of morpholine rings is 1. The van der Waals surface area contributed by atoms with Gasteiger partial charge in [-0.15, -0.1) is 0 Å². The highest BCUT2D eigenvalue weighted by Gasteiger charge is 2.33. The van der Waals surface area contributed by atoms with Gasteiger partial charge < -0.3 is 10.1 Å². The maximum absolute atomic E-state index is 14.0. The van der Waals surface area contributed by atoms with E-state index in [-0.39, 0.29) is 11.7 Å². The minimum absolute atomic E-state index is 0.133. The second-order valence-corrected chi connectivity index (χ2v) is 4.93. The van der Waals surface area contributed by atoms with Crippen LogP contribution in [0.2, 0.25) is 0 Å². The first-order valence-corrected chi connectivity index (χ1v) is 6.71. The molecule has 112 valence electrons. The summed E-state index contributed by atoms with van der Waals surface area (Å²) >= 11 is 0. The maximum Gasteiger partial charge on any atom is 0.161 e. The summed E-state index contributed by atoms with van der Waals surface area (Å²) in [5.41, 5.74) is 0.133. The number of rotatable bonds is 4. The predicted octanol–water partition coefficient (Wildman–Crippen LogP) is 2.09. The van der Waals surface area contributed by atoms with Gasteiger partial charge in [0.15, 0.2) is 11.6 Å². The molecule has 0 spiro atoms. The molecule has 1 aromatic carbocycles. The van der Waals surface area contributed by atoms with E-state index in [0.717, 1.165) is 12.6 Å². The van der Waals surface area contributed by atoms with Crippen LogP contribution in [0, 0.1) is 17.5 Å². The van der Waals surface area contributed by atoms with Crippen molar-refractivity contribution in [1.29, 1.82) is 0 Å². The van der Waals surface area contributed by atoms with Gasteiger partial charge in [0.1, 0.15) is 5.82 Å². The standard InChI is InChI=1S/C14H19F3N2O/c1-3-18-8-13-14(19(2)4-5-20-13)9-6-11(16)12(17)7-10(9)15/h6-7,13-14,18H,3-5,8H2,1-2H3. The van der Waals surface area contributed by atoms with Gasteiger partial charge >= 0.3 is 0 Å². The van der Waals surface area contributed by atoms with Crippen LogP contribution in [0.25, 0.3) is 0 Å². The second-order valence-electron chi connectivity index (χ2n) is 4.93. The Morgan fingerprint density at radius 1 is 1.25 bits per heavy atom. The Bertz CT molecular complexity index is 470. The molecular formula is C14H19F3N2O. The van der Waals surface area contributed by atoms with E-state index in [4.69, 9.17) is 4.74 Å². The molecule has 0 amide bonds. The number of nitrogens with one attached hydrogen (secondary N) is 1. The summed E-state index contributed by atoms with van der Waals surface area (Å²) in [5.74, 6) is -2.95. The summed E-state index contributed by atoms with van der Waals surface area (Å²) in [6.07, 6.45) is -0.298. The molecule has 2 rings (SSSR count). The van der Waals surface area contributed by atoms with Gasteiger partial charge in [0.2, 0.25) is 0 Å². The molecule has 1 aliphatic rings. The molecule has 1 aromatic rings. The van der Waals surface area contributed by atoms with Crippen molar-refractivity contribution in [2.24, 2.45) is 0 Å². The van der Waals surface area contributed by atoms with E-state index in [1.54, 1.807) is 0 Å². The Balaban J connectivity index is 2.32. The maximum atomic E-state index is 14.0. The molecule has 1 heterocycles. The quantitative estimate of drug-likeness (QED) is 0.859. The Morgan fingerprint density at radius 2 is 1.95 bits per heavy atom. The average Bonchev–Trinajstić information content (AvgIpc) is 2.41. The van der Waals surface area contributed by atoms with Gasteiger partial charge in [0, 0.05) is 24.7 Å². The van der Waals surface area contributed by atoms with Crippen LogP contribution >= 0.6 is 0 Å². The number of benzene rings is 1. The fourth-order valence-corrected chi connectivity index (χ4v) is 2.52. The Morgan fingerprint density at radius 3 is 2.65 bits per heavy atom. The van der Waals surface area contributed by atoms with Crippen molar-refractivity contribution >= 4 is 0 Å². The Kier molecular flexibility index (Phi) is 5.01. The fourth-order valence-electron chi connectivity index (χ4n) is 2.52. The van der Waals surface area contributed by atoms with E-state index in [9.17, 15) is 13.2 Å². The molecule has 1 aliphatic heterocycles. The van der Waals surface area contributed by atoms with Gasteiger partial charge in [0.05, 0.1) is 18.8 Å². The molecule has 2 atom stereocenters. The number of nitrogens with zero attached hydrogens (tertiary/aromatic N) is 1. The van der Waals surface area contributed by atoms with Gasteiger partial charge in [-0.1, -0.05) is 6.92 Å². The minimum atomic E-state index is -1.17. The van der Waals surface area contributed by atoms with E-state index in [1.165, 1.54) is 0 Å². The van der Waals surface area contributed by atoms with Crippen LogP contribution in [-0.4, -0.2) is 44.3 Å². The van der Waals surface area contributed by atoms with Crippen molar-refractivity contribution in [3.63, 3.8) is 0 Å². The Labute approximate surface area is 116 Å². The molecule has 2 unspecified atom stereocenters. The smallest absolute Gasteiger partial charge is 0.161 e. The second kappa shape index (κ2) is 6.56. The summed E-state index contributed by atoms with van der Waals surface area (Å²) < 4.78 is 46.1. The number of ether oxygens (including phenoxy) is 1. The highest BCUT2D eigenvalue weighted by molar-refractivity contribution is 5.25. The molecule has 6 heteroatoms. The monoisotopic (exact) mass is 288 g/mol. The molecule has 1 saturated heterocycles. The first kappa shape index (κ1) is 15.3. The van der Waals surface area contributed by atoms with Crippen LogP contribution in [0.4, 0.5) is 13.2 Å². The predicted molar refractivity (Wildman–Crippen MR) is 70.0 cm³/mol. The van der Waals surface area contributed by atoms with Crippen LogP contribution in [0.5, 0.6) is 0 Å². The van der Waals surface area contributed by atoms with Crippen LogP contribution in [0.15, 0.2) is 12.1 Å². The molecule has 1 fully saturated rings. The Hall–Kier alpha value is -1.11. The van der Waals surface area contributed by atoms with Gasteiger partial charge in [0.25, 0.3) is 0 Å². The lowest BCUT2D eigenvalue weighted by Crippen LogP contribution is -2.47. The molecule has 1 N–H and O–H groups in total. The zero-order valence-corrected chi connectivity index (χ0v) is 11.6. The molecule has 0 saturated carbocycles. The largest absolute Gasteiger partial charge is 0.374 e. The zero-order chi connectivity index (χ0) is 14.7. The van der Waals surface area contributed by atoms with E-state index < -0.39 is 23.5 Å². The van der Waals surface area contributed by atoms with Crippen molar-refractivity contribution in [2.45, 2.75) is 19.1 Å². The van der Waals surface area contributed by atoms with Crippen molar-refractivity contribution in [3.05, 3.63) is 35.1 Å². The SMILES string of the molecule is CCNCC1OCCN(C)C1c1cc(F)c(F)cc1F. The third kappa shape index (κ3) is 3.13. The summed E-state index contributed by atoms with van der Waals surface area (Å²) in [6, 6.07) is 1.09. The van der Waals surface area contributed by atoms with Crippen molar-refractivity contribution < 1.29 is 17.9 Å². The molecule has 0 aromatic heterocycles. The number of likely N-dealkylation sites (N-methyl/N-ethyl adjacent to an activating group) is 2. The van der Waals surface area contributed by atoms with E-state index in [1.807, 2.05) is 18.9 Å². The first-order chi connectivity index (χ1) is 9.54. The van der Waals surface area contributed by atoms with E-state index in [2.05, 4.69) is 5.32 Å². The summed E-state index contributed by atoms with van der Waals surface area (Å²) in [4.78, 5) is 1.90. The lowest BCUT2D eigenvalue weighted by molar-refractivity contribution is -0.0622. The molecule has 0 bridgehead atoms. The topological polar surface area (TPSA) is 24.5 Å². The molecule has 0 aliphatic carbocycles. The minimum Gasteiger partial charge on any atom is -0.374 e. The lowest BCUT2D eigenvalue weighted by atomic mass is 9.97. The molecule has 3 nitrogen and oxygen atoms in total. The van der Waals surface area contributed by atoms with Crippen LogP contribution < -0.4 is 5.32 Å². The molecular weight excluding hydrogens is 269 g/mol. The first-order valence-electron chi connectivity index (χ1n) is 6.71. The summed E-state index contributed by atoms with van der Waals surface area (Å²) in [7, 11) is 1.83. The number of hydrogen-bond donors (Lipinski definition) is 1. The van der Waals surface area contributed by atoms with Crippen molar-refractivity contribution in [2.75, 3.05) is 33.3 Å². The third-order valence-corrected chi connectivity index (χ3v) is 3.56. The highest BCUT2D eigenvalue weighted by Crippen LogP contribution is 2.31. The molecule has 0 radical (unpaired) electrons. The summed E-state index contributed by atoms with van der Waals surface area (Å²) in [6.45, 7) is 4.40. The fraction of sp³-hybridized carbons (Fsp3) is 0.571. The van der Waals surface area contributed by atoms with Crippen LogP contribution in [-0.2, 0) is 4.74 Å². The van der Waals surface area contributed by atoms with Crippen LogP contribution in [0.1, 0.15) is 18.5 Å². The van der Waals surface area contributed by atoms with Crippen molar-refractivity contribution in [3.8, 4) is 0 Å². The van der Waals surface area contributed by atoms with Gasteiger partial charge in [-0.25, -0.2) is 13.2 Å². The lowest BCUT2D eigenvalue weighted by Gasteiger charge is -2.39. The van der Waals surface area contributed by atoms with E-state index in [0.29, 0.717) is 25.8 Å². The van der Waals surface area contributed by atoms with E-state index >= 15 is 0 Å². The van der Waals surface area contributed by atoms with Crippen molar-refractivity contribution in [1.82, 2.24) is 10.2 Å². The summed E-state index contributed by atoms with van der Waals surface area (Å²) in [5, 5.41) is 3.14. The average molecular weight is 288 g/mol. The van der Waals surface area contributed by atoms with Gasteiger partial charge in [-0.05, 0) is 19.7 Å². The number of halogens is 3. The zero-order valence-electron chi connectivity index (χ0n) is 11.6.